The average Bonchev–Trinajstić information content (AvgIpc) is 2.43. The van der Waals surface area contributed by atoms with Crippen LogP contribution in [0, 0.1) is 0 Å². The van der Waals surface area contributed by atoms with Crippen LogP contribution >= 0.6 is 0 Å². The number of nitrogens with zero attached hydrogens (tertiary/aromatic N) is 3. The highest BCUT2D eigenvalue weighted by Crippen LogP contribution is 2.20. The minimum Gasteiger partial charge on any atom is -0.464 e. The summed E-state index contributed by atoms with van der Waals surface area (Å²) >= 11 is 0. The van der Waals surface area contributed by atoms with Crippen molar-refractivity contribution in [2.24, 2.45) is 0 Å². The normalized spacial score (nSPS) is 11.5. The Labute approximate surface area is 146 Å². The molecule has 0 fully saturated rings. The van der Waals surface area contributed by atoms with Crippen LogP contribution in [0.25, 0.3) is 0 Å². The van der Waals surface area contributed by atoms with E-state index >= 15 is 0 Å². The van der Waals surface area contributed by atoms with E-state index in [1.807, 2.05) is 0 Å². The molecule has 0 atom stereocenters. The van der Waals surface area contributed by atoms with Gasteiger partial charge in [-0.1, -0.05) is 0 Å². The van der Waals surface area contributed by atoms with Gasteiger partial charge in [-0.2, -0.15) is 4.90 Å². The largest absolute Gasteiger partial charge is 0.464 e. The number of hydrogen-bond acceptors (Lipinski definition) is 8. The number of imide groups is 1. The van der Waals surface area contributed by atoms with Gasteiger partial charge in [-0.25, -0.2) is 24.4 Å². The molecule has 0 aliphatic carbocycles. The van der Waals surface area contributed by atoms with Crippen molar-refractivity contribution in [2.45, 2.75) is 52.7 Å². The monoisotopic (exact) mass is 353 g/mol. The number of hydrogen-bond donors (Lipinski definition) is 0. The van der Waals surface area contributed by atoms with Crippen molar-refractivity contribution < 1.29 is 28.6 Å². The van der Waals surface area contributed by atoms with E-state index in [1.54, 1.807) is 41.5 Å². The van der Waals surface area contributed by atoms with E-state index in [0.29, 0.717) is 4.90 Å². The summed E-state index contributed by atoms with van der Waals surface area (Å²) in [7, 11) is 1.18. The lowest BCUT2D eigenvalue weighted by molar-refractivity contribution is 0.0426. The molecule has 0 aliphatic heterocycles. The maximum Gasteiger partial charge on any atom is 0.425 e. The van der Waals surface area contributed by atoms with Crippen LogP contribution in [0.4, 0.5) is 15.4 Å². The van der Waals surface area contributed by atoms with Gasteiger partial charge in [0.25, 0.3) is 0 Å². The summed E-state index contributed by atoms with van der Waals surface area (Å²) in [6.07, 6.45) is -0.948. The van der Waals surface area contributed by atoms with Crippen molar-refractivity contribution in [1.82, 2.24) is 9.97 Å². The minimum atomic E-state index is -0.990. The van der Waals surface area contributed by atoms with E-state index in [1.165, 1.54) is 7.11 Å². The van der Waals surface area contributed by atoms with Crippen molar-refractivity contribution in [3.63, 3.8) is 0 Å². The number of esters is 1. The number of carbonyl (C=O) groups excluding carboxylic acids is 3. The van der Waals surface area contributed by atoms with Crippen LogP contribution < -0.4 is 4.90 Å². The van der Waals surface area contributed by atoms with Crippen molar-refractivity contribution in [3.05, 3.63) is 18.1 Å². The highest BCUT2D eigenvalue weighted by Gasteiger charge is 2.34. The Balaban J connectivity index is 3.29. The second-order valence-electron chi connectivity index (χ2n) is 7.05. The predicted octanol–water partition coefficient (Wildman–Crippen LogP) is 2.94. The maximum atomic E-state index is 12.5. The first kappa shape index (κ1) is 20.3. The van der Waals surface area contributed by atoms with Crippen LogP contribution in [-0.2, 0) is 14.2 Å². The third-order valence-electron chi connectivity index (χ3n) is 2.43. The van der Waals surface area contributed by atoms with Crippen LogP contribution in [0.5, 0.6) is 0 Å². The zero-order valence-corrected chi connectivity index (χ0v) is 15.4. The lowest BCUT2D eigenvalue weighted by Crippen LogP contribution is -2.44. The molecule has 0 aliphatic rings. The molecule has 0 bridgehead atoms. The molecule has 1 aromatic heterocycles. The summed E-state index contributed by atoms with van der Waals surface area (Å²) in [5.41, 5.74) is -1.82. The van der Waals surface area contributed by atoms with Gasteiger partial charge >= 0.3 is 18.2 Å². The Bertz CT molecular complexity index is 633. The van der Waals surface area contributed by atoms with Gasteiger partial charge < -0.3 is 14.2 Å². The molecular weight excluding hydrogens is 330 g/mol. The smallest absolute Gasteiger partial charge is 0.425 e. The van der Waals surface area contributed by atoms with Crippen LogP contribution in [0.2, 0.25) is 0 Å². The summed E-state index contributed by atoms with van der Waals surface area (Å²) in [5.74, 6) is -0.907. The first-order valence-corrected chi connectivity index (χ1v) is 7.50. The molecule has 25 heavy (non-hydrogen) atoms. The fourth-order valence-corrected chi connectivity index (χ4v) is 1.56. The molecule has 0 N–H and O–H groups in total. The molecule has 1 aromatic rings. The molecule has 9 nitrogen and oxygen atoms in total. The van der Waals surface area contributed by atoms with E-state index in [9.17, 15) is 14.4 Å². The highest BCUT2D eigenvalue weighted by molar-refractivity contribution is 6.09. The molecule has 0 saturated heterocycles. The van der Waals surface area contributed by atoms with E-state index in [-0.39, 0.29) is 11.5 Å². The summed E-state index contributed by atoms with van der Waals surface area (Å²) in [6.45, 7) is 9.90. The molecule has 0 radical (unpaired) electrons. The van der Waals surface area contributed by atoms with E-state index in [0.717, 1.165) is 12.4 Å². The van der Waals surface area contributed by atoms with Crippen molar-refractivity contribution in [1.29, 1.82) is 0 Å². The lowest BCUT2D eigenvalue weighted by Gasteiger charge is -2.28. The maximum absolute atomic E-state index is 12.5. The van der Waals surface area contributed by atoms with E-state index in [4.69, 9.17) is 9.47 Å². The van der Waals surface area contributed by atoms with E-state index < -0.39 is 29.4 Å². The number of rotatable bonds is 2. The van der Waals surface area contributed by atoms with Crippen LogP contribution in [0.3, 0.4) is 0 Å². The lowest BCUT2D eigenvalue weighted by atomic mass is 10.2. The van der Waals surface area contributed by atoms with Gasteiger partial charge in [0.15, 0.2) is 11.5 Å². The van der Waals surface area contributed by atoms with Crippen molar-refractivity contribution in [2.75, 3.05) is 12.0 Å². The number of amides is 2. The summed E-state index contributed by atoms with van der Waals surface area (Å²) < 4.78 is 15.0. The standard InChI is InChI=1S/C16H23N3O6/c1-15(2,3)24-13(21)19(14(22)25-16(4,5)6)11-8-10(12(20)23-7)17-9-18-11/h8-9H,1-7H3. The molecule has 9 heteroatoms. The third-order valence-corrected chi connectivity index (χ3v) is 2.43. The highest BCUT2D eigenvalue weighted by atomic mass is 16.6. The fourth-order valence-electron chi connectivity index (χ4n) is 1.56. The number of anilines is 1. The Morgan fingerprint density at radius 3 is 1.80 bits per heavy atom. The summed E-state index contributed by atoms with van der Waals surface area (Å²) in [5, 5.41) is 0. The van der Waals surface area contributed by atoms with E-state index in [2.05, 4.69) is 14.7 Å². The Morgan fingerprint density at radius 2 is 1.40 bits per heavy atom. The quantitative estimate of drug-likeness (QED) is 0.590. The summed E-state index contributed by atoms with van der Waals surface area (Å²) in [4.78, 5) is 44.8. The number of ether oxygens (including phenoxy) is 3. The van der Waals surface area contributed by atoms with Crippen LogP contribution in [0.1, 0.15) is 52.0 Å². The number of aromatic nitrogens is 2. The van der Waals surface area contributed by atoms with Gasteiger partial charge in [-0.3, -0.25) is 0 Å². The average molecular weight is 353 g/mol. The van der Waals surface area contributed by atoms with Gasteiger partial charge in [0, 0.05) is 6.07 Å². The molecular formula is C16H23N3O6. The van der Waals surface area contributed by atoms with Gasteiger partial charge in [0.2, 0.25) is 0 Å². The molecule has 0 aromatic carbocycles. The van der Waals surface area contributed by atoms with Crippen molar-refractivity contribution >= 4 is 24.0 Å². The topological polar surface area (TPSA) is 108 Å². The molecule has 0 unspecified atom stereocenters. The Kier molecular flexibility index (Phi) is 6.06. The van der Waals surface area contributed by atoms with Crippen LogP contribution in [0.15, 0.2) is 12.4 Å². The summed E-state index contributed by atoms with van der Waals surface area (Å²) in [6, 6.07) is 1.14. The first-order chi connectivity index (χ1) is 11.3. The minimum absolute atomic E-state index is 0.121. The molecule has 2 amide bonds. The zero-order chi connectivity index (χ0) is 19.4. The molecule has 0 saturated carbocycles. The SMILES string of the molecule is COC(=O)c1cc(N(C(=O)OC(C)(C)C)C(=O)OC(C)(C)C)ncn1. The van der Waals surface area contributed by atoms with Crippen molar-refractivity contribution in [3.8, 4) is 0 Å². The third kappa shape index (κ3) is 6.36. The van der Waals surface area contributed by atoms with Crippen LogP contribution in [-0.4, -0.2) is 46.4 Å². The Hall–Kier alpha value is -2.71. The molecule has 1 heterocycles. The van der Waals surface area contributed by atoms with Gasteiger partial charge in [-0.05, 0) is 41.5 Å². The Morgan fingerprint density at radius 1 is 0.920 bits per heavy atom. The fraction of sp³-hybridized carbons (Fsp3) is 0.562. The molecule has 1 rings (SSSR count). The first-order valence-electron chi connectivity index (χ1n) is 7.50. The predicted molar refractivity (Wildman–Crippen MR) is 88.3 cm³/mol. The second kappa shape index (κ2) is 7.45. The zero-order valence-electron chi connectivity index (χ0n) is 15.4. The van der Waals surface area contributed by atoms with Gasteiger partial charge in [0.05, 0.1) is 7.11 Å². The molecule has 0 spiro atoms. The van der Waals surface area contributed by atoms with Gasteiger partial charge in [-0.15, -0.1) is 0 Å². The number of carbonyl (C=O) groups is 3. The molecule has 138 valence electrons. The number of methoxy groups -OCH3 is 1. The van der Waals surface area contributed by atoms with Gasteiger partial charge in [0.1, 0.15) is 17.5 Å². The second-order valence-corrected chi connectivity index (χ2v) is 7.05.